The van der Waals surface area contributed by atoms with Crippen LogP contribution in [0.5, 0.6) is 5.75 Å². The lowest BCUT2D eigenvalue weighted by Crippen LogP contribution is -2.17. The van der Waals surface area contributed by atoms with Crippen LogP contribution in [0.15, 0.2) is 36.4 Å². The highest BCUT2D eigenvalue weighted by Crippen LogP contribution is 2.19. The fourth-order valence-electron chi connectivity index (χ4n) is 1.61. The summed E-state index contributed by atoms with van der Waals surface area (Å²) in [6.45, 7) is 8.22. The number of hydrogen-bond acceptors (Lipinski definition) is 1. The maximum atomic E-state index is 12.7. The van der Waals surface area contributed by atoms with E-state index in [1.807, 2.05) is 0 Å². The molecule has 0 aliphatic rings. The van der Waals surface area contributed by atoms with Crippen molar-refractivity contribution in [2.24, 2.45) is 0 Å². The summed E-state index contributed by atoms with van der Waals surface area (Å²) < 4.78 is 18.5. The molecule has 0 aromatic heterocycles. The fourth-order valence-corrected chi connectivity index (χ4v) is 1.61. The third-order valence-electron chi connectivity index (χ3n) is 2.49. The molecule has 1 unspecified atom stereocenters. The van der Waals surface area contributed by atoms with Gasteiger partial charge in [-0.25, -0.2) is 4.39 Å². The van der Waals surface area contributed by atoms with Gasteiger partial charge in [0, 0.05) is 0 Å². The van der Waals surface area contributed by atoms with Crippen molar-refractivity contribution in [1.82, 2.24) is 0 Å². The van der Waals surface area contributed by atoms with Gasteiger partial charge in [0.25, 0.3) is 0 Å². The van der Waals surface area contributed by atoms with Crippen molar-refractivity contribution in [3.05, 3.63) is 42.2 Å². The van der Waals surface area contributed by atoms with Gasteiger partial charge in [-0.05, 0) is 42.7 Å². The van der Waals surface area contributed by atoms with Crippen LogP contribution in [0, 0.1) is 5.82 Å². The van der Waals surface area contributed by atoms with Crippen molar-refractivity contribution < 1.29 is 9.13 Å². The van der Waals surface area contributed by atoms with Crippen molar-refractivity contribution in [1.29, 1.82) is 0 Å². The highest BCUT2D eigenvalue weighted by atomic mass is 19.1. The second-order valence-corrected chi connectivity index (χ2v) is 3.88. The van der Waals surface area contributed by atoms with E-state index in [1.165, 1.54) is 12.1 Å². The molecule has 0 heterocycles. The first-order valence-corrected chi connectivity index (χ1v) is 5.77. The van der Waals surface area contributed by atoms with Gasteiger partial charge in [0.05, 0.1) is 0 Å². The van der Waals surface area contributed by atoms with Crippen molar-refractivity contribution in [2.75, 3.05) is 0 Å². The molecular weight excluding hydrogens is 203 g/mol. The van der Waals surface area contributed by atoms with E-state index < -0.39 is 0 Å². The third kappa shape index (κ3) is 3.69. The normalized spacial score (nSPS) is 12.2. The van der Waals surface area contributed by atoms with Crippen LogP contribution < -0.4 is 4.74 Å². The van der Waals surface area contributed by atoms with Gasteiger partial charge in [0.1, 0.15) is 17.7 Å². The molecule has 0 saturated carbocycles. The van der Waals surface area contributed by atoms with Crippen molar-refractivity contribution in [3.8, 4) is 5.75 Å². The van der Waals surface area contributed by atoms with Crippen LogP contribution in [0.2, 0.25) is 0 Å². The van der Waals surface area contributed by atoms with Gasteiger partial charge >= 0.3 is 0 Å². The molecule has 1 rings (SSSR count). The lowest BCUT2D eigenvalue weighted by atomic mass is 10.0. The first-order valence-electron chi connectivity index (χ1n) is 5.77. The van der Waals surface area contributed by atoms with Crippen LogP contribution in [-0.4, -0.2) is 6.10 Å². The molecule has 0 saturated heterocycles. The molecule has 0 aliphatic carbocycles. The Morgan fingerprint density at radius 3 is 2.44 bits per heavy atom. The first-order chi connectivity index (χ1) is 7.67. The van der Waals surface area contributed by atoms with Crippen LogP contribution in [0.4, 0.5) is 4.39 Å². The molecule has 0 radical (unpaired) electrons. The van der Waals surface area contributed by atoms with Gasteiger partial charge < -0.3 is 4.74 Å². The van der Waals surface area contributed by atoms with Crippen LogP contribution >= 0.6 is 0 Å². The van der Waals surface area contributed by atoms with E-state index in [0.717, 1.165) is 24.8 Å². The molecule has 1 nitrogen and oxygen atoms in total. The first kappa shape index (κ1) is 12.8. The molecule has 2 heteroatoms. The van der Waals surface area contributed by atoms with E-state index in [4.69, 9.17) is 4.74 Å². The lowest BCUT2D eigenvalue weighted by molar-refractivity contribution is 0.228. The zero-order valence-electron chi connectivity index (χ0n) is 10.0. The third-order valence-corrected chi connectivity index (χ3v) is 2.49. The second kappa shape index (κ2) is 6.31. The summed E-state index contributed by atoms with van der Waals surface area (Å²) in [6.07, 6.45) is 2.96. The molecule has 0 spiro atoms. The molecule has 88 valence electrons. The predicted molar refractivity (Wildman–Crippen MR) is 65.2 cm³/mol. The fraction of sp³-hybridized carbons (Fsp3) is 0.429. The maximum absolute atomic E-state index is 12.7. The molecule has 16 heavy (non-hydrogen) atoms. The van der Waals surface area contributed by atoms with Gasteiger partial charge in [0.2, 0.25) is 0 Å². The highest BCUT2D eigenvalue weighted by molar-refractivity contribution is 5.23. The molecular formula is C14H19FO. The molecule has 1 aromatic carbocycles. The topological polar surface area (TPSA) is 9.23 Å². The molecule has 1 atom stereocenters. The van der Waals surface area contributed by atoms with E-state index >= 15 is 0 Å². The van der Waals surface area contributed by atoms with E-state index in [0.29, 0.717) is 5.75 Å². The standard InChI is InChI=1S/C14H19FO/c1-4-6-11(3)14(5-2)16-13-9-7-12(15)8-10-13/h7-10,14H,3-6H2,1-2H3. The van der Waals surface area contributed by atoms with E-state index in [9.17, 15) is 4.39 Å². The number of ether oxygens (including phenoxy) is 1. The van der Waals surface area contributed by atoms with Gasteiger partial charge in [-0.2, -0.15) is 0 Å². The smallest absolute Gasteiger partial charge is 0.123 e. The van der Waals surface area contributed by atoms with Crippen LogP contribution in [0.1, 0.15) is 33.1 Å². The number of rotatable bonds is 6. The Morgan fingerprint density at radius 1 is 1.31 bits per heavy atom. The molecule has 0 N–H and O–H groups in total. The van der Waals surface area contributed by atoms with Crippen molar-refractivity contribution in [2.45, 2.75) is 39.2 Å². The van der Waals surface area contributed by atoms with Crippen LogP contribution in [-0.2, 0) is 0 Å². The predicted octanol–water partition coefficient (Wildman–Crippen LogP) is 4.34. The molecule has 0 bridgehead atoms. The quantitative estimate of drug-likeness (QED) is 0.650. The Morgan fingerprint density at radius 2 is 1.94 bits per heavy atom. The zero-order chi connectivity index (χ0) is 12.0. The summed E-state index contributed by atoms with van der Waals surface area (Å²) in [5.41, 5.74) is 1.11. The van der Waals surface area contributed by atoms with E-state index in [1.54, 1.807) is 12.1 Å². The minimum atomic E-state index is -0.243. The number of halogens is 1. The Labute approximate surface area is 96.9 Å². The minimum Gasteiger partial charge on any atom is -0.486 e. The Bertz CT molecular complexity index is 329. The Balaban J connectivity index is 2.62. The van der Waals surface area contributed by atoms with Crippen molar-refractivity contribution >= 4 is 0 Å². The average Bonchev–Trinajstić information content (AvgIpc) is 2.28. The SMILES string of the molecule is C=C(CCC)C(CC)Oc1ccc(F)cc1. The monoisotopic (exact) mass is 222 g/mol. The molecule has 0 amide bonds. The Kier molecular flexibility index (Phi) is 5.03. The second-order valence-electron chi connectivity index (χ2n) is 3.88. The highest BCUT2D eigenvalue weighted by Gasteiger charge is 2.11. The zero-order valence-corrected chi connectivity index (χ0v) is 10.0. The molecule has 0 aliphatic heterocycles. The molecule has 0 fully saturated rings. The van der Waals surface area contributed by atoms with Gasteiger partial charge in [-0.1, -0.05) is 26.8 Å². The summed E-state index contributed by atoms with van der Waals surface area (Å²) in [5, 5.41) is 0. The van der Waals surface area contributed by atoms with E-state index in [2.05, 4.69) is 20.4 Å². The minimum absolute atomic E-state index is 0.0328. The number of benzene rings is 1. The van der Waals surface area contributed by atoms with Crippen LogP contribution in [0.25, 0.3) is 0 Å². The summed E-state index contributed by atoms with van der Waals surface area (Å²) in [7, 11) is 0. The largest absolute Gasteiger partial charge is 0.486 e. The maximum Gasteiger partial charge on any atom is 0.123 e. The summed E-state index contributed by atoms with van der Waals surface area (Å²) in [4.78, 5) is 0. The summed E-state index contributed by atoms with van der Waals surface area (Å²) >= 11 is 0. The Hall–Kier alpha value is -1.31. The van der Waals surface area contributed by atoms with Gasteiger partial charge in [0.15, 0.2) is 0 Å². The van der Waals surface area contributed by atoms with E-state index in [-0.39, 0.29) is 11.9 Å². The molecule has 1 aromatic rings. The van der Waals surface area contributed by atoms with Gasteiger partial charge in [-0.15, -0.1) is 0 Å². The van der Waals surface area contributed by atoms with Crippen LogP contribution in [0.3, 0.4) is 0 Å². The van der Waals surface area contributed by atoms with Crippen molar-refractivity contribution in [3.63, 3.8) is 0 Å². The summed E-state index contributed by atoms with van der Waals surface area (Å²) in [6, 6.07) is 6.11. The number of hydrogen-bond donors (Lipinski definition) is 0. The average molecular weight is 222 g/mol. The summed E-state index contributed by atoms with van der Waals surface area (Å²) in [5.74, 6) is 0.457. The lowest BCUT2D eigenvalue weighted by Gasteiger charge is -2.19. The van der Waals surface area contributed by atoms with Gasteiger partial charge in [-0.3, -0.25) is 0 Å².